The average Bonchev–Trinajstić information content (AvgIpc) is 3.79. The number of aliphatic hydroxyl groups is 3. The lowest BCUT2D eigenvalue weighted by molar-refractivity contribution is -0.207. The zero-order chi connectivity index (χ0) is 44.5. The largest absolute Gasteiger partial charge is 0.465 e. The predicted octanol–water partition coefficient (Wildman–Crippen LogP) is 7.53. The fourth-order valence-corrected chi connectivity index (χ4v) is 11.7. The molecule has 6 fully saturated rings. The molecule has 6 rings (SSSR count). The van der Waals surface area contributed by atoms with Gasteiger partial charge in [0.1, 0.15) is 12.7 Å². The number of hydrogen-bond donors (Lipinski definition) is 3. The minimum atomic E-state index is -1.64. The van der Waals surface area contributed by atoms with E-state index in [0.717, 1.165) is 84.0 Å². The van der Waals surface area contributed by atoms with Crippen molar-refractivity contribution in [2.45, 2.75) is 188 Å². The highest BCUT2D eigenvalue weighted by Crippen LogP contribution is 2.68. The van der Waals surface area contributed by atoms with Crippen LogP contribution in [0.5, 0.6) is 0 Å². The molecule has 0 aromatic heterocycles. The minimum Gasteiger partial charge on any atom is -0.465 e. The lowest BCUT2D eigenvalue weighted by Gasteiger charge is -2.63. The summed E-state index contributed by atoms with van der Waals surface area (Å²) < 4.78 is 57.7. The normalized spacial score (nSPS) is 36.9. The van der Waals surface area contributed by atoms with Gasteiger partial charge in [0.05, 0.1) is 43.6 Å². The number of alkyl halides is 3. The second-order valence-electron chi connectivity index (χ2n) is 19.5. The molecule has 11 nitrogen and oxygen atoms in total. The number of ether oxygens (including phenoxy) is 4. The van der Waals surface area contributed by atoms with E-state index in [1.807, 2.05) is 0 Å². The Kier molecular flexibility index (Phi) is 18.6. The van der Waals surface area contributed by atoms with Crippen molar-refractivity contribution in [2.24, 2.45) is 52.3 Å². The summed E-state index contributed by atoms with van der Waals surface area (Å²) in [5.74, 6) is -0.866. The molecule has 0 spiro atoms. The van der Waals surface area contributed by atoms with Gasteiger partial charge < -0.3 is 34.3 Å². The van der Waals surface area contributed by atoms with Crippen LogP contribution in [0.25, 0.3) is 0 Å². The number of esters is 4. The second-order valence-corrected chi connectivity index (χ2v) is 19.5. The van der Waals surface area contributed by atoms with Crippen LogP contribution in [0.1, 0.15) is 145 Å². The number of carbonyl (C=O) groups is 4. The van der Waals surface area contributed by atoms with Gasteiger partial charge in [-0.25, -0.2) is 18.4 Å². The third kappa shape index (κ3) is 12.2. The highest BCUT2D eigenvalue weighted by molar-refractivity contribution is 5.77. The molecule has 1 heterocycles. The number of fused-ring (bicyclic) bond motifs is 5. The van der Waals surface area contributed by atoms with Crippen LogP contribution in [-0.4, -0.2) is 102 Å². The lowest BCUT2D eigenvalue weighted by atomic mass is 9.43. The van der Waals surface area contributed by atoms with E-state index in [-0.39, 0.29) is 54.2 Å². The summed E-state index contributed by atoms with van der Waals surface area (Å²) in [6, 6.07) is 0. The summed E-state index contributed by atoms with van der Waals surface area (Å²) in [5, 5.41) is 33.2. The molecule has 0 aromatic carbocycles. The Morgan fingerprint density at radius 2 is 1.48 bits per heavy atom. The molecule has 0 amide bonds. The van der Waals surface area contributed by atoms with Crippen LogP contribution in [0.4, 0.5) is 13.2 Å². The molecule has 0 radical (unpaired) electrons. The molecule has 60 heavy (non-hydrogen) atoms. The van der Waals surface area contributed by atoms with E-state index in [0.29, 0.717) is 55.0 Å². The Hall–Kier alpha value is -2.45. The van der Waals surface area contributed by atoms with Gasteiger partial charge in [0.25, 0.3) is 0 Å². The van der Waals surface area contributed by atoms with Crippen LogP contribution >= 0.6 is 0 Å². The number of carbonyl (C=O) groups excluding carboxylic acids is 4. The molecule has 0 bridgehead atoms. The summed E-state index contributed by atoms with van der Waals surface area (Å²) in [7, 11) is 0. The highest BCUT2D eigenvalue weighted by Gasteiger charge is 2.65. The third-order valence-electron chi connectivity index (χ3n) is 15.2. The van der Waals surface area contributed by atoms with Crippen LogP contribution in [0.2, 0.25) is 0 Å². The maximum Gasteiger partial charge on any atom is 0.340 e. The molecule has 3 N–H and O–H groups in total. The molecule has 1 saturated heterocycles. The number of hydrogen-bond acceptors (Lipinski definition) is 11. The summed E-state index contributed by atoms with van der Waals surface area (Å²) in [6.45, 7) is 12.9. The molecular formula is C46H74F3O11-. The van der Waals surface area contributed by atoms with Gasteiger partial charge in [-0.3, -0.25) is 19.9 Å². The average molecular weight is 860 g/mol. The van der Waals surface area contributed by atoms with Gasteiger partial charge >= 0.3 is 23.9 Å². The predicted molar refractivity (Wildman–Crippen MR) is 217 cm³/mol. The molecular weight excluding hydrogens is 785 g/mol. The van der Waals surface area contributed by atoms with Crippen LogP contribution in [0.3, 0.4) is 0 Å². The van der Waals surface area contributed by atoms with Crippen molar-refractivity contribution in [1.29, 1.82) is 0 Å². The Bertz CT molecular complexity index is 1410. The Morgan fingerprint density at radius 3 is 2.08 bits per heavy atom. The standard InChI is InChI=1S/C27H45FO5.C11H18FO2.C8H11FO4/c1-15(6-5-11-33-25(32)16(2)28)19-7-8-20-24-21(14-23(31)27(19,20)4)26(3)10-9-18(29)12-17(26)13-22(24)30;1-8(2)10(12)11(13)14-9-6-4-3-5-7-9;1-5(9)7(10)13-4-6-2-3-12-8(6)11/h15-24,29-31H,5-14H2,1-4H3;9-10H,3-7H2,1-2H3;5-6H,2-4H2,1H3/q;-1;. The smallest absolute Gasteiger partial charge is 0.340 e. The van der Waals surface area contributed by atoms with Crippen molar-refractivity contribution < 1.29 is 66.6 Å². The van der Waals surface area contributed by atoms with Crippen LogP contribution in [0, 0.1) is 58.2 Å². The number of cyclic esters (lactones) is 1. The molecule has 15 atom stereocenters. The van der Waals surface area contributed by atoms with Crippen molar-refractivity contribution in [3.8, 4) is 0 Å². The van der Waals surface area contributed by atoms with Crippen LogP contribution < -0.4 is 0 Å². The SMILES string of the molecule is CC(F)C(=O)OCC1CCOC1=O.CC(F)C(=O)OCCCC(C)C1CCC2C3C(O)CC4CC(O)CCC4(C)C3CC(O)C12C.C[C-](C)C(F)C(=O)OC1CCCCC1. The number of halogens is 3. The summed E-state index contributed by atoms with van der Waals surface area (Å²) in [6.07, 6.45) is 7.65. The fraction of sp³-hybridized carbons (Fsp3) is 0.891. The van der Waals surface area contributed by atoms with E-state index in [1.165, 1.54) is 13.3 Å². The van der Waals surface area contributed by atoms with Crippen LogP contribution in [-0.2, 0) is 38.1 Å². The maximum absolute atomic E-state index is 13.2. The van der Waals surface area contributed by atoms with Crippen molar-refractivity contribution in [3.63, 3.8) is 0 Å². The van der Waals surface area contributed by atoms with Gasteiger partial charge in [0, 0.05) is 0 Å². The topological polar surface area (TPSA) is 166 Å². The lowest BCUT2D eigenvalue weighted by Crippen LogP contribution is -2.62. The van der Waals surface area contributed by atoms with E-state index in [1.54, 1.807) is 13.8 Å². The van der Waals surface area contributed by atoms with Gasteiger partial charge in [0.15, 0.2) is 12.3 Å². The molecule has 15 unspecified atom stereocenters. The highest BCUT2D eigenvalue weighted by atomic mass is 19.1. The first-order chi connectivity index (χ1) is 28.2. The Balaban J connectivity index is 0.000000241. The maximum atomic E-state index is 13.2. The van der Waals surface area contributed by atoms with Gasteiger partial charge in [-0.2, -0.15) is 13.8 Å². The van der Waals surface area contributed by atoms with E-state index >= 15 is 0 Å². The zero-order valence-corrected chi connectivity index (χ0v) is 37.1. The minimum absolute atomic E-state index is 0.0474. The quantitative estimate of drug-likeness (QED) is 0.0769. The monoisotopic (exact) mass is 860 g/mol. The third-order valence-corrected chi connectivity index (χ3v) is 15.2. The van der Waals surface area contributed by atoms with E-state index in [4.69, 9.17) is 9.47 Å². The van der Waals surface area contributed by atoms with Crippen molar-refractivity contribution >= 4 is 23.9 Å². The summed E-state index contributed by atoms with van der Waals surface area (Å²) in [5.41, 5.74) is -0.129. The molecule has 346 valence electrons. The van der Waals surface area contributed by atoms with Gasteiger partial charge in [-0.05, 0) is 150 Å². The Labute approximate surface area is 355 Å². The first-order valence-electron chi connectivity index (χ1n) is 22.7. The molecule has 1 aliphatic heterocycles. The molecule has 5 saturated carbocycles. The molecule has 14 heteroatoms. The fourth-order valence-electron chi connectivity index (χ4n) is 11.7. The first-order valence-corrected chi connectivity index (χ1v) is 22.7. The van der Waals surface area contributed by atoms with E-state index < -0.39 is 48.4 Å². The van der Waals surface area contributed by atoms with E-state index in [2.05, 4.69) is 30.2 Å². The first kappa shape index (κ1) is 50.2. The summed E-state index contributed by atoms with van der Waals surface area (Å²) >= 11 is 0. The van der Waals surface area contributed by atoms with Crippen molar-refractivity contribution in [2.75, 3.05) is 19.8 Å². The number of rotatable bonds is 12. The van der Waals surface area contributed by atoms with Crippen LogP contribution in [0.15, 0.2) is 0 Å². The van der Waals surface area contributed by atoms with E-state index in [9.17, 15) is 47.7 Å². The number of aliphatic hydroxyl groups excluding tert-OH is 3. The van der Waals surface area contributed by atoms with Crippen molar-refractivity contribution in [1.82, 2.24) is 0 Å². The van der Waals surface area contributed by atoms with Gasteiger partial charge in [-0.1, -0.05) is 27.2 Å². The second kappa shape index (κ2) is 22.3. The zero-order valence-electron chi connectivity index (χ0n) is 37.1. The molecule has 6 aliphatic rings. The Morgan fingerprint density at radius 1 is 0.833 bits per heavy atom. The molecule has 5 aliphatic carbocycles. The van der Waals surface area contributed by atoms with Gasteiger partial charge in [-0.15, -0.1) is 0 Å². The molecule has 0 aromatic rings. The van der Waals surface area contributed by atoms with Crippen molar-refractivity contribution in [3.05, 3.63) is 5.92 Å². The van der Waals surface area contributed by atoms with Gasteiger partial charge in [0.2, 0.25) is 0 Å². The summed E-state index contributed by atoms with van der Waals surface area (Å²) in [4.78, 5) is 44.1.